The standard InChI is InChI=1S/C15H12ClN3/c16-10-6-7-12(17)15(9-10)19-14-5-1-4-13-11(14)3-2-8-18-13/h1-9,19H,17H2. The monoisotopic (exact) mass is 269 g/mol. The molecule has 0 aliphatic carbocycles. The van der Waals surface area contributed by atoms with E-state index >= 15 is 0 Å². The first kappa shape index (κ1) is 11.8. The van der Waals surface area contributed by atoms with E-state index < -0.39 is 0 Å². The minimum Gasteiger partial charge on any atom is -0.397 e. The molecule has 0 atom stereocenters. The molecule has 4 heteroatoms. The number of aromatic nitrogens is 1. The average molecular weight is 270 g/mol. The van der Waals surface area contributed by atoms with Crippen LogP contribution in [0, 0.1) is 0 Å². The minimum atomic E-state index is 0.648. The van der Waals surface area contributed by atoms with Gasteiger partial charge in [-0.05, 0) is 42.5 Å². The van der Waals surface area contributed by atoms with Crippen molar-refractivity contribution < 1.29 is 0 Å². The zero-order valence-electron chi connectivity index (χ0n) is 10.1. The third-order valence-electron chi connectivity index (χ3n) is 2.93. The number of benzene rings is 2. The summed E-state index contributed by atoms with van der Waals surface area (Å²) in [6.45, 7) is 0. The molecule has 3 aromatic rings. The molecule has 0 aliphatic heterocycles. The predicted molar refractivity (Wildman–Crippen MR) is 80.9 cm³/mol. The number of nitrogens with zero attached hydrogens (tertiary/aromatic N) is 1. The fraction of sp³-hybridized carbons (Fsp3) is 0. The van der Waals surface area contributed by atoms with Crippen molar-refractivity contribution in [1.82, 2.24) is 4.98 Å². The Morgan fingerprint density at radius 2 is 1.89 bits per heavy atom. The second-order valence-electron chi connectivity index (χ2n) is 4.23. The van der Waals surface area contributed by atoms with E-state index in [4.69, 9.17) is 17.3 Å². The SMILES string of the molecule is Nc1ccc(Cl)cc1Nc1cccc2ncccc12. The lowest BCUT2D eigenvalue weighted by molar-refractivity contribution is 1.41. The molecule has 0 amide bonds. The van der Waals surface area contributed by atoms with Gasteiger partial charge in [0, 0.05) is 22.3 Å². The fourth-order valence-electron chi connectivity index (χ4n) is 1.99. The fourth-order valence-corrected chi connectivity index (χ4v) is 2.17. The van der Waals surface area contributed by atoms with Gasteiger partial charge in [0.25, 0.3) is 0 Å². The van der Waals surface area contributed by atoms with Crippen LogP contribution in [-0.4, -0.2) is 4.98 Å². The highest BCUT2D eigenvalue weighted by atomic mass is 35.5. The molecule has 0 unspecified atom stereocenters. The van der Waals surface area contributed by atoms with Crippen LogP contribution in [-0.2, 0) is 0 Å². The molecular weight excluding hydrogens is 258 g/mol. The first-order chi connectivity index (χ1) is 9.24. The maximum Gasteiger partial charge on any atom is 0.0722 e. The topological polar surface area (TPSA) is 50.9 Å². The zero-order chi connectivity index (χ0) is 13.2. The molecule has 0 radical (unpaired) electrons. The van der Waals surface area contributed by atoms with E-state index in [-0.39, 0.29) is 0 Å². The molecule has 19 heavy (non-hydrogen) atoms. The van der Waals surface area contributed by atoms with Gasteiger partial charge in [-0.1, -0.05) is 17.7 Å². The van der Waals surface area contributed by atoms with Gasteiger partial charge < -0.3 is 11.1 Å². The molecule has 0 bridgehead atoms. The summed E-state index contributed by atoms with van der Waals surface area (Å²) in [7, 11) is 0. The molecule has 0 fully saturated rings. The van der Waals surface area contributed by atoms with Gasteiger partial charge in [-0.3, -0.25) is 4.98 Å². The third kappa shape index (κ3) is 2.33. The molecule has 0 aliphatic rings. The van der Waals surface area contributed by atoms with Gasteiger partial charge >= 0.3 is 0 Å². The Hall–Kier alpha value is -2.26. The summed E-state index contributed by atoms with van der Waals surface area (Å²) in [5, 5.41) is 5.00. The van der Waals surface area contributed by atoms with Gasteiger partial charge in [0.2, 0.25) is 0 Å². The number of nitrogen functional groups attached to an aromatic ring is 1. The van der Waals surface area contributed by atoms with Crippen LogP contribution < -0.4 is 11.1 Å². The maximum absolute atomic E-state index is 5.99. The molecule has 2 aromatic carbocycles. The average Bonchev–Trinajstić information content (AvgIpc) is 2.43. The smallest absolute Gasteiger partial charge is 0.0722 e. The van der Waals surface area contributed by atoms with Gasteiger partial charge in [0.05, 0.1) is 16.9 Å². The van der Waals surface area contributed by atoms with E-state index in [2.05, 4.69) is 10.3 Å². The molecule has 3 N–H and O–H groups in total. The van der Waals surface area contributed by atoms with E-state index in [9.17, 15) is 0 Å². The largest absolute Gasteiger partial charge is 0.397 e. The Kier molecular flexibility index (Phi) is 2.97. The number of pyridine rings is 1. The number of halogens is 1. The normalized spacial score (nSPS) is 10.6. The van der Waals surface area contributed by atoms with Crippen molar-refractivity contribution in [2.45, 2.75) is 0 Å². The summed E-state index contributed by atoms with van der Waals surface area (Å²) >= 11 is 5.99. The zero-order valence-corrected chi connectivity index (χ0v) is 10.9. The second kappa shape index (κ2) is 4.78. The quantitative estimate of drug-likeness (QED) is 0.685. The lowest BCUT2D eigenvalue weighted by Gasteiger charge is -2.11. The van der Waals surface area contributed by atoms with Crippen molar-refractivity contribution in [1.29, 1.82) is 0 Å². The van der Waals surface area contributed by atoms with Gasteiger partial charge in [0.1, 0.15) is 0 Å². The van der Waals surface area contributed by atoms with Crippen LogP contribution in [0.25, 0.3) is 10.9 Å². The Morgan fingerprint density at radius 1 is 1.00 bits per heavy atom. The van der Waals surface area contributed by atoms with Crippen molar-refractivity contribution in [3.8, 4) is 0 Å². The number of nitrogens with one attached hydrogen (secondary N) is 1. The molecule has 0 saturated heterocycles. The summed E-state index contributed by atoms with van der Waals surface area (Å²) in [5.41, 5.74) is 9.29. The first-order valence-electron chi connectivity index (χ1n) is 5.90. The highest BCUT2D eigenvalue weighted by molar-refractivity contribution is 6.31. The van der Waals surface area contributed by atoms with Crippen molar-refractivity contribution in [2.24, 2.45) is 0 Å². The predicted octanol–water partition coefficient (Wildman–Crippen LogP) is 4.21. The Morgan fingerprint density at radius 3 is 2.79 bits per heavy atom. The summed E-state index contributed by atoms with van der Waals surface area (Å²) in [4.78, 5) is 4.33. The van der Waals surface area contributed by atoms with Crippen LogP contribution in [0.1, 0.15) is 0 Å². The molecule has 0 saturated carbocycles. The summed E-state index contributed by atoms with van der Waals surface area (Å²) in [6.07, 6.45) is 1.78. The summed E-state index contributed by atoms with van der Waals surface area (Å²) in [6, 6.07) is 15.2. The summed E-state index contributed by atoms with van der Waals surface area (Å²) < 4.78 is 0. The lowest BCUT2D eigenvalue weighted by Crippen LogP contribution is -1.97. The molecule has 94 valence electrons. The first-order valence-corrected chi connectivity index (χ1v) is 6.27. The highest BCUT2D eigenvalue weighted by Crippen LogP contribution is 2.29. The molecule has 0 spiro atoms. The van der Waals surface area contributed by atoms with Gasteiger partial charge in [-0.15, -0.1) is 0 Å². The number of anilines is 3. The van der Waals surface area contributed by atoms with Crippen LogP contribution in [0.15, 0.2) is 54.7 Å². The van der Waals surface area contributed by atoms with Crippen molar-refractivity contribution in [3.63, 3.8) is 0 Å². The maximum atomic E-state index is 5.99. The highest BCUT2D eigenvalue weighted by Gasteiger charge is 2.04. The van der Waals surface area contributed by atoms with Gasteiger partial charge in [0.15, 0.2) is 0 Å². The second-order valence-corrected chi connectivity index (χ2v) is 4.67. The van der Waals surface area contributed by atoms with Gasteiger partial charge in [-0.2, -0.15) is 0 Å². The van der Waals surface area contributed by atoms with E-state index in [1.165, 1.54) is 0 Å². The minimum absolute atomic E-state index is 0.648. The third-order valence-corrected chi connectivity index (χ3v) is 3.17. The Balaban J connectivity index is 2.08. The molecule has 3 rings (SSSR count). The number of rotatable bonds is 2. The van der Waals surface area contributed by atoms with Gasteiger partial charge in [-0.25, -0.2) is 0 Å². The number of nitrogens with two attached hydrogens (primary N) is 1. The Bertz CT molecular complexity index is 735. The lowest BCUT2D eigenvalue weighted by atomic mass is 10.1. The molecular formula is C15H12ClN3. The van der Waals surface area contributed by atoms with E-state index in [1.807, 2.05) is 36.4 Å². The van der Waals surface area contributed by atoms with Crippen molar-refractivity contribution in [3.05, 3.63) is 59.8 Å². The number of hydrogen-bond acceptors (Lipinski definition) is 3. The van der Waals surface area contributed by atoms with E-state index in [0.717, 1.165) is 22.3 Å². The summed E-state index contributed by atoms with van der Waals surface area (Å²) in [5.74, 6) is 0. The molecule has 1 aromatic heterocycles. The molecule has 3 nitrogen and oxygen atoms in total. The van der Waals surface area contributed by atoms with Crippen LogP contribution >= 0.6 is 11.6 Å². The van der Waals surface area contributed by atoms with E-state index in [1.54, 1.807) is 18.3 Å². The van der Waals surface area contributed by atoms with Crippen LogP contribution in [0.3, 0.4) is 0 Å². The van der Waals surface area contributed by atoms with E-state index in [0.29, 0.717) is 10.7 Å². The molecule has 1 heterocycles. The van der Waals surface area contributed by atoms with Crippen LogP contribution in [0.5, 0.6) is 0 Å². The van der Waals surface area contributed by atoms with Crippen molar-refractivity contribution >= 4 is 39.6 Å². The van der Waals surface area contributed by atoms with Crippen LogP contribution in [0.4, 0.5) is 17.1 Å². The number of hydrogen-bond donors (Lipinski definition) is 2. The van der Waals surface area contributed by atoms with Crippen molar-refractivity contribution in [2.75, 3.05) is 11.1 Å². The number of fused-ring (bicyclic) bond motifs is 1. The Labute approximate surface area is 116 Å². The van der Waals surface area contributed by atoms with Crippen LogP contribution in [0.2, 0.25) is 5.02 Å².